The van der Waals surface area contributed by atoms with Gasteiger partial charge in [0.15, 0.2) is 0 Å². The molecule has 19 heavy (non-hydrogen) atoms. The number of carbonyl (C=O) groups is 2. The summed E-state index contributed by atoms with van der Waals surface area (Å²) in [4.78, 5) is 24.6. The monoisotopic (exact) mass is 270 g/mol. The van der Waals surface area contributed by atoms with Crippen LogP contribution in [-0.4, -0.2) is 53.3 Å². The Morgan fingerprint density at radius 2 is 2.00 bits per heavy atom. The fourth-order valence-corrected chi connectivity index (χ4v) is 2.33. The minimum atomic E-state index is -0.865. The smallest absolute Gasteiger partial charge is 0.318 e. The van der Waals surface area contributed by atoms with Crippen LogP contribution in [0.5, 0.6) is 0 Å². The number of nitrogens with one attached hydrogen (secondary N) is 1. The Morgan fingerprint density at radius 1 is 1.37 bits per heavy atom. The lowest BCUT2D eigenvalue weighted by Gasteiger charge is -2.36. The van der Waals surface area contributed by atoms with Crippen molar-refractivity contribution >= 4 is 12.0 Å². The standard InChI is InChI=1S/C13H22N2O4/c1-13(5-8-19-9-6-13)14-12(18)15(10-2-3-10)7-4-11(16)17/h10H,2-9H2,1H3,(H,14,18)(H,16,17). The van der Waals surface area contributed by atoms with Crippen molar-refractivity contribution in [2.24, 2.45) is 0 Å². The van der Waals surface area contributed by atoms with E-state index in [1.54, 1.807) is 4.90 Å². The summed E-state index contributed by atoms with van der Waals surface area (Å²) in [7, 11) is 0. The summed E-state index contributed by atoms with van der Waals surface area (Å²) in [5.74, 6) is -0.865. The van der Waals surface area contributed by atoms with Crippen molar-refractivity contribution in [3.8, 4) is 0 Å². The average Bonchev–Trinajstić information content (AvgIpc) is 3.13. The second-order valence-corrected chi connectivity index (χ2v) is 5.67. The van der Waals surface area contributed by atoms with E-state index in [-0.39, 0.29) is 24.0 Å². The summed E-state index contributed by atoms with van der Waals surface area (Å²) in [6, 6.07) is 0.0935. The van der Waals surface area contributed by atoms with Crippen molar-refractivity contribution in [1.29, 1.82) is 0 Å². The number of nitrogens with zero attached hydrogens (tertiary/aromatic N) is 1. The molecule has 1 saturated carbocycles. The summed E-state index contributed by atoms with van der Waals surface area (Å²) >= 11 is 0. The summed E-state index contributed by atoms with van der Waals surface area (Å²) in [5, 5.41) is 11.8. The highest BCUT2D eigenvalue weighted by Crippen LogP contribution is 2.28. The van der Waals surface area contributed by atoms with Crippen molar-refractivity contribution in [1.82, 2.24) is 10.2 Å². The molecule has 0 unspecified atom stereocenters. The number of carboxylic acids is 1. The molecule has 0 bridgehead atoms. The number of aliphatic carboxylic acids is 1. The van der Waals surface area contributed by atoms with Crippen LogP contribution in [-0.2, 0) is 9.53 Å². The van der Waals surface area contributed by atoms with E-state index in [4.69, 9.17) is 9.84 Å². The molecule has 2 aliphatic rings. The molecular formula is C13H22N2O4. The van der Waals surface area contributed by atoms with Gasteiger partial charge in [-0.1, -0.05) is 0 Å². The largest absolute Gasteiger partial charge is 0.481 e. The Kier molecular flexibility index (Phi) is 4.29. The van der Waals surface area contributed by atoms with Gasteiger partial charge in [-0.25, -0.2) is 4.79 Å². The minimum Gasteiger partial charge on any atom is -0.481 e. The molecule has 1 heterocycles. The van der Waals surface area contributed by atoms with Gasteiger partial charge in [0, 0.05) is 31.3 Å². The fourth-order valence-electron chi connectivity index (χ4n) is 2.33. The van der Waals surface area contributed by atoms with Crippen LogP contribution in [0.1, 0.15) is 39.0 Å². The number of carboxylic acid groups (broad SMARTS) is 1. The summed E-state index contributed by atoms with van der Waals surface area (Å²) in [5.41, 5.74) is -0.230. The van der Waals surface area contributed by atoms with Gasteiger partial charge in [-0.05, 0) is 32.6 Å². The lowest BCUT2D eigenvalue weighted by molar-refractivity contribution is -0.137. The number of amides is 2. The van der Waals surface area contributed by atoms with E-state index in [1.807, 2.05) is 6.92 Å². The van der Waals surface area contributed by atoms with E-state index in [9.17, 15) is 9.59 Å². The zero-order chi connectivity index (χ0) is 13.9. The quantitative estimate of drug-likeness (QED) is 0.787. The zero-order valence-corrected chi connectivity index (χ0v) is 11.4. The van der Waals surface area contributed by atoms with Crippen LogP contribution in [0, 0.1) is 0 Å². The normalized spacial score (nSPS) is 21.7. The minimum absolute atomic E-state index is 0.00372. The van der Waals surface area contributed by atoms with Gasteiger partial charge in [0.2, 0.25) is 0 Å². The molecule has 0 aromatic carbocycles. The van der Waals surface area contributed by atoms with E-state index in [0.29, 0.717) is 19.8 Å². The van der Waals surface area contributed by atoms with Gasteiger partial charge in [-0.3, -0.25) is 4.79 Å². The Bertz CT molecular complexity index is 349. The summed E-state index contributed by atoms with van der Waals surface area (Å²) in [6.45, 7) is 3.64. The maximum atomic E-state index is 12.3. The van der Waals surface area contributed by atoms with E-state index < -0.39 is 5.97 Å². The highest BCUT2D eigenvalue weighted by molar-refractivity contribution is 5.76. The molecule has 1 aliphatic heterocycles. The Labute approximate surface area is 113 Å². The number of hydrogen-bond acceptors (Lipinski definition) is 3. The number of rotatable bonds is 5. The van der Waals surface area contributed by atoms with Gasteiger partial charge in [0.25, 0.3) is 0 Å². The molecule has 2 N–H and O–H groups in total. The first-order valence-corrected chi connectivity index (χ1v) is 6.88. The molecule has 0 radical (unpaired) electrons. The number of hydrogen-bond donors (Lipinski definition) is 2. The number of carbonyl (C=O) groups excluding carboxylic acids is 1. The molecular weight excluding hydrogens is 248 g/mol. The van der Waals surface area contributed by atoms with Gasteiger partial charge >= 0.3 is 12.0 Å². The second-order valence-electron chi connectivity index (χ2n) is 5.67. The molecule has 0 aromatic heterocycles. The molecule has 2 fully saturated rings. The topological polar surface area (TPSA) is 78.9 Å². The fraction of sp³-hybridized carbons (Fsp3) is 0.846. The number of ether oxygens (including phenoxy) is 1. The molecule has 1 saturated heterocycles. The van der Waals surface area contributed by atoms with Crippen LogP contribution in [0.15, 0.2) is 0 Å². The van der Waals surface area contributed by atoms with Crippen molar-refractivity contribution in [3.63, 3.8) is 0 Å². The average molecular weight is 270 g/mol. The van der Waals surface area contributed by atoms with Gasteiger partial charge in [0.05, 0.1) is 6.42 Å². The molecule has 1 aliphatic carbocycles. The SMILES string of the molecule is CC1(NC(=O)N(CCC(=O)O)C2CC2)CCOCC1. The zero-order valence-electron chi connectivity index (χ0n) is 11.4. The van der Waals surface area contributed by atoms with E-state index in [2.05, 4.69) is 5.32 Å². The van der Waals surface area contributed by atoms with Crippen LogP contribution in [0.3, 0.4) is 0 Å². The van der Waals surface area contributed by atoms with E-state index >= 15 is 0 Å². The van der Waals surface area contributed by atoms with Gasteiger partial charge in [0.1, 0.15) is 0 Å². The van der Waals surface area contributed by atoms with Crippen LogP contribution >= 0.6 is 0 Å². The van der Waals surface area contributed by atoms with Crippen LogP contribution < -0.4 is 5.32 Å². The van der Waals surface area contributed by atoms with Gasteiger partial charge in [-0.2, -0.15) is 0 Å². The molecule has 6 heteroatoms. The predicted molar refractivity (Wildman–Crippen MR) is 69.0 cm³/mol. The van der Waals surface area contributed by atoms with Crippen molar-refractivity contribution in [2.45, 2.75) is 50.6 Å². The Balaban J connectivity index is 1.89. The lowest BCUT2D eigenvalue weighted by atomic mass is 9.93. The Hall–Kier alpha value is -1.30. The van der Waals surface area contributed by atoms with Crippen molar-refractivity contribution < 1.29 is 19.4 Å². The van der Waals surface area contributed by atoms with Crippen molar-refractivity contribution in [3.05, 3.63) is 0 Å². The van der Waals surface area contributed by atoms with E-state index in [1.165, 1.54) is 0 Å². The maximum absolute atomic E-state index is 12.3. The summed E-state index contributed by atoms with van der Waals surface area (Å²) < 4.78 is 5.30. The summed E-state index contributed by atoms with van der Waals surface area (Å²) in [6.07, 6.45) is 3.57. The third-order valence-corrected chi connectivity index (χ3v) is 3.82. The number of urea groups is 1. The molecule has 2 rings (SSSR count). The third kappa shape index (κ3) is 4.09. The van der Waals surface area contributed by atoms with Crippen LogP contribution in [0.2, 0.25) is 0 Å². The molecule has 0 spiro atoms. The molecule has 0 aromatic rings. The van der Waals surface area contributed by atoms with Gasteiger partial charge < -0.3 is 20.1 Å². The van der Waals surface area contributed by atoms with E-state index in [0.717, 1.165) is 25.7 Å². The predicted octanol–water partition coefficient (Wildman–Crippen LogP) is 1.20. The molecule has 6 nitrogen and oxygen atoms in total. The van der Waals surface area contributed by atoms with Crippen LogP contribution in [0.25, 0.3) is 0 Å². The van der Waals surface area contributed by atoms with Crippen LogP contribution in [0.4, 0.5) is 4.79 Å². The first kappa shape index (κ1) is 14.1. The first-order chi connectivity index (χ1) is 9.00. The Morgan fingerprint density at radius 3 is 2.53 bits per heavy atom. The molecule has 108 valence electrons. The maximum Gasteiger partial charge on any atom is 0.318 e. The first-order valence-electron chi connectivity index (χ1n) is 6.88. The second kappa shape index (κ2) is 5.77. The highest BCUT2D eigenvalue weighted by Gasteiger charge is 2.36. The lowest BCUT2D eigenvalue weighted by Crippen LogP contribution is -2.54. The molecule has 2 amide bonds. The molecule has 0 atom stereocenters. The third-order valence-electron chi connectivity index (χ3n) is 3.82. The van der Waals surface area contributed by atoms with Crippen molar-refractivity contribution in [2.75, 3.05) is 19.8 Å². The van der Waals surface area contributed by atoms with Gasteiger partial charge in [-0.15, -0.1) is 0 Å². The highest BCUT2D eigenvalue weighted by atomic mass is 16.5.